The first-order valence-electron chi connectivity index (χ1n) is 8.62. The Labute approximate surface area is 155 Å². The SMILES string of the molecule is CCCc1noc(CCC(=O)N2CCOC(c3ccc(Br)cc3)C2)n1. The summed E-state index contributed by atoms with van der Waals surface area (Å²) in [6.07, 6.45) is 2.56. The molecule has 6 nitrogen and oxygen atoms in total. The lowest BCUT2D eigenvalue weighted by molar-refractivity contribution is -0.139. The van der Waals surface area contributed by atoms with Gasteiger partial charge < -0.3 is 14.2 Å². The maximum absolute atomic E-state index is 12.5. The topological polar surface area (TPSA) is 68.5 Å². The van der Waals surface area contributed by atoms with Crippen molar-refractivity contribution in [2.45, 2.75) is 38.7 Å². The molecule has 1 aliphatic heterocycles. The van der Waals surface area contributed by atoms with Gasteiger partial charge in [0.1, 0.15) is 6.10 Å². The molecule has 0 spiro atoms. The first-order chi connectivity index (χ1) is 12.2. The predicted molar refractivity (Wildman–Crippen MR) is 96.0 cm³/mol. The monoisotopic (exact) mass is 407 g/mol. The third-order valence-corrected chi connectivity index (χ3v) is 4.73. The van der Waals surface area contributed by atoms with Gasteiger partial charge in [-0.1, -0.05) is 40.1 Å². The Hall–Kier alpha value is -1.73. The molecule has 2 aromatic rings. The number of morpholine rings is 1. The van der Waals surface area contributed by atoms with Crippen molar-refractivity contribution >= 4 is 21.8 Å². The Bertz CT molecular complexity index is 702. The number of carbonyl (C=O) groups is 1. The number of hydrogen-bond acceptors (Lipinski definition) is 5. The van der Waals surface area contributed by atoms with Gasteiger partial charge in [-0.3, -0.25) is 4.79 Å². The van der Waals surface area contributed by atoms with E-state index >= 15 is 0 Å². The van der Waals surface area contributed by atoms with Crippen molar-refractivity contribution in [2.75, 3.05) is 19.7 Å². The van der Waals surface area contributed by atoms with E-state index < -0.39 is 0 Å². The van der Waals surface area contributed by atoms with E-state index in [1.165, 1.54) is 0 Å². The van der Waals surface area contributed by atoms with Gasteiger partial charge in [0.05, 0.1) is 13.2 Å². The van der Waals surface area contributed by atoms with Crippen molar-refractivity contribution in [1.82, 2.24) is 15.0 Å². The summed E-state index contributed by atoms with van der Waals surface area (Å²) in [6, 6.07) is 8.03. The Morgan fingerprint density at radius 3 is 2.88 bits per heavy atom. The summed E-state index contributed by atoms with van der Waals surface area (Å²) in [4.78, 5) is 18.7. The molecule has 1 unspecified atom stereocenters. The number of rotatable bonds is 6. The van der Waals surface area contributed by atoms with E-state index in [4.69, 9.17) is 9.26 Å². The molecule has 1 atom stereocenters. The molecule has 0 bridgehead atoms. The number of carbonyl (C=O) groups excluding carboxylic acids is 1. The number of aromatic nitrogens is 2. The number of amides is 1. The van der Waals surface area contributed by atoms with Gasteiger partial charge in [-0.15, -0.1) is 0 Å². The Kier molecular flexibility index (Phi) is 6.20. The van der Waals surface area contributed by atoms with Gasteiger partial charge in [0.15, 0.2) is 5.82 Å². The van der Waals surface area contributed by atoms with Crippen molar-refractivity contribution in [1.29, 1.82) is 0 Å². The fraction of sp³-hybridized carbons (Fsp3) is 0.500. The second kappa shape index (κ2) is 8.58. The van der Waals surface area contributed by atoms with E-state index in [0.29, 0.717) is 44.3 Å². The van der Waals surface area contributed by atoms with E-state index in [-0.39, 0.29) is 12.0 Å². The lowest BCUT2D eigenvalue weighted by Gasteiger charge is -2.33. The summed E-state index contributed by atoms with van der Waals surface area (Å²) in [5.74, 6) is 1.35. The molecule has 0 saturated carbocycles. The van der Waals surface area contributed by atoms with Gasteiger partial charge in [-0.25, -0.2) is 0 Å². The molecule has 1 aliphatic rings. The molecule has 0 radical (unpaired) electrons. The fourth-order valence-electron chi connectivity index (χ4n) is 2.84. The van der Waals surface area contributed by atoms with Crippen molar-refractivity contribution in [3.8, 4) is 0 Å². The molecule has 1 aromatic carbocycles. The quantitative estimate of drug-likeness (QED) is 0.734. The zero-order chi connectivity index (χ0) is 17.6. The average Bonchev–Trinajstić information content (AvgIpc) is 3.08. The van der Waals surface area contributed by atoms with Crippen molar-refractivity contribution in [3.63, 3.8) is 0 Å². The fourth-order valence-corrected chi connectivity index (χ4v) is 3.11. The molecule has 1 aromatic heterocycles. The second-order valence-corrected chi connectivity index (χ2v) is 7.02. The minimum Gasteiger partial charge on any atom is -0.370 e. The summed E-state index contributed by atoms with van der Waals surface area (Å²) < 4.78 is 12.1. The van der Waals surface area contributed by atoms with Crippen LogP contribution in [-0.4, -0.2) is 40.6 Å². The minimum atomic E-state index is -0.0784. The van der Waals surface area contributed by atoms with Gasteiger partial charge in [0.25, 0.3) is 0 Å². The largest absolute Gasteiger partial charge is 0.370 e. The number of benzene rings is 1. The van der Waals surface area contributed by atoms with Crippen LogP contribution in [0.3, 0.4) is 0 Å². The molecule has 1 fully saturated rings. The van der Waals surface area contributed by atoms with Crippen LogP contribution in [0, 0.1) is 0 Å². The highest BCUT2D eigenvalue weighted by atomic mass is 79.9. The molecular weight excluding hydrogens is 386 g/mol. The van der Waals surface area contributed by atoms with Gasteiger partial charge in [-0.05, 0) is 24.1 Å². The molecule has 1 amide bonds. The molecule has 1 saturated heterocycles. The summed E-state index contributed by atoms with van der Waals surface area (Å²) >= 11 is 3.43. The van der Waals surface area contributed by atoms with Crippen LogP contribution in [0.5, 0.6) is 0 Å². The highest BCUT2D eigenvalue weighted by molar-refractivity contribution is 9.10. The van der Waals surface area contributed by atoms with Crippen LogP contribution in [0.1, 0.15) is 43.1 Å². The average molecular weight is 408 g/mol. The predicted octanol–water partition coefficient (Wildman–Crippen LogP) is 3.32. The highest BCUT2D eigenvalue weighted by Gasteiger charge is 2.25. The Balaban J connectivity index is 1.53. The van der Waals surface area contributed by atoms with Crippen LogP contribution in [0.4, 0.5) is 0 Å². The summed E-state index contributed by atoms with van der Waals surface area (Å²) in [6.45, 7) is 3.82. The molecule has 7 heteroatoms. The maximum atomic E-state index is 12.5. The van der Waals surface area contributed by atoms with Crippen LogP contribution >= 0.6 is 15.9 Å². The van der Waals surface area contributed by atoms with E-state index in [2.05, 4.69) is 33.0 Å². The molecule has 25 heavy (non-hydrogen) atoms. The normalized spacial score (nSPS) is 17.7. The Morgan fingerprint density at radius 1 is 1.32 bits per heavy atom. The van der Waals surface area contributed by atoms with E-state index in [1.54, 1.807) is 0 Å². The highest BCUT2D eigenvalue weighted by Crippen LogP contribution is 2.24. The molecule has 134 valence electrons. The van der Waals surface area contributed by atoms with Crippen molar-refractivity contribution < 1.29 is 14.1 Å². The standard InChI is InChI=1S/C18H22BrN3O3/c1-2-3-16-20-17(25-21-16)8-9-18(23)22-10-11-24-15(12-22)13-4-6-14(19)7-5-13/h4-7,15H,2-3,8-12H2,1H3. The number of hydrogen-bond donors (Lipinski definition) is 0. The first-order valence-corrected chi connectivity index (χ1v) is 9.41. The van der Waals surface area contributed by atoms with Crippen LogP contribution in [0.25, 0.3) is 0 Å². The van der Waals surface area contributed by atoms with E-state index in [0.717, 1.165) is 22.9 Å². The lowest BCUT2D eigenvalue weighted by atomic mass is 10.1. The van der Waals surface area contributed by atoms with Gasteiger partial charge in [0, 0.05) is 30.3 Å². The van der Waals surface area contributed by atoms with Gasteiger partial charge in [-0.2, -0.15) is 4.98 Å². The van der Waals surface area contributed by atoms with Gasteiger partial charge in [0.2, 0.25) is 11.8 Å². The zero-order valence-corrected chi connectivity index (χ0v) is 15.9. The van der Waals surface area contributed by atoms with E-state index in [1.807, 2.05) is 29.2 Å². The summed E-state index contributed by atoms with van der Waals surface area (Å²) in [5.41, 5.74) is 1.09. The number of ether oxygens (including phenoxy) is 1. The van der Waals surface area contributed by atoms with Gasteiger partial charge >= 0.3 is 0 Å². The third kappa shape index (κ3) is 4.89. The number of aryl methyl sites for hydroxylation is 2. The zero-order valence-electron chi connectivity index (χ0n) is 14.3. The van der Waals surface area contributed by atoms with Crippen molar-refractivity contribution in [3.05, 3.63) is 46.0 Å². The molecule has 3 rings (SSSR count). The van der Waals surface area contributed by atoms with E-state index in [9.17, 15) is 4.79 Å². The molecular formula is C18H22BrN3O3. The summed E-state index contributed by atoms with van der Waals surface area (Å²) in [5, 5.41) is 3.92. The molecule has 0 aliphatic carbocycles. The van der Waals surface area contributed by atoms with Crippen LogP contribution in [0.2, 0.25) is 0 Å². The third-order valence-electron chi connectivity index (χ3n) is 4.20. The molecule has 0 N–H and O–H groups in total. The lowest BCUT2D eigenvalue weighted by Crippen LogP contribution is -2.42. The van der Waals surface area contributed by atoms with Crippen LogP contribution in [-0.2, 0) is 22.4 Å². The van der Waals surface area contributed by atoms with Crippen LogP contribution < -0.4 is 0 Å². The minimum absolute atomic E-state index is 0.0784. The first kappa shape index (κ1) is 18.1. The van der Waals surface area contributed by atoms with Crippen LogP contribution in [0.15, 0.2) is 33.3 Å². The second-order valence-electron chi connectivity index (χ2n) is 6.11. The summed E-state index contributed by atoms with van der Waals surface area (Å²) in [7, 11) is 0. The van der Waals surface area contributed by atoms with Crippen molar-refractivity contribution in [2.24, 2.45) is 0 Å². The number of nitrogens with zero attached hydrogens (tertiary/aromatic N) is 3. The number of halogens is 1. The smallest absolute Gasteiger partial charge is 0.227 e. The maximum Gasteiger partial charge on any atom is 0.227 e. The Morgan fingerprint density at radius 2 is 2.12 bits per heavy atom. The molecule has 2 heterocycles.